The molecule has 0 atom stereocenters. The molecule has 17 heavy (non-hydrogen) atoms. The summed E-state index contributed by atoms with van der Waals surface area (Å²) in [6, 6.07) is 12.4. The van der Waals surface area contributed by atoms with Crippen molar-refractivity contribution in [2.75, 3.05) is 0 Å². The number of imidazole rings is 1. The summed E-state index contributed by atoms with van der Waals surface area (Å²) in [6.07, 6.45) is 0. The van der Waals surface area contributed by atoms with Gasteiger partial charge in [-0.15, -0.1) is 24.8 Å². The average molecular weight is 270 g/mol. The van der Waals surface area contributed by atoms with Crippen LogP contribution < -0.4 is 5.73 Å². The van der Waals surface area contributed by atoms with Crippen LogP contribution in [0.2, 0.25) is 0 Å². The number of rotatable bonds is 1. The van der Waals surface area contributed by atoms with Crippen molar-refractivity contribution in [3.63, 3.8) is 0 Å². The minimum absolute atomic E-state index is 0. The van der Waals surface area contributed by atoms with Crippen molar-refractivity contribution in [2.24, 2.45) is 5.73 Å². The lowest BCUT2D eigenvalue weighted by molar-refractivity contribution is 0.959. The Morgan fingerprint density at radius 3 is 2.59 bits per heavy atom. The number of aromatic amines is 1. The molecule has 3 rings (SSSR count). The van der Waals surface area contributed by atoms with Crippen molar-refractivity contribution < 1.29 is 0 Å². The highest BCUT2D eigenvalue weighted by Gasteiger charge is 2.04. The number of aromatic nitrogens is 2. The van der Waals surface area contributed by atoms with E-state index in [0.29, 0.717) is 6.54 Å². The Labute approximate surface area is 111 Å². The molecule has 3 nitrogen and oxygen atoms in total. The van der Waals surface area contributed by atoms with Crippen molar-refractivity contribution in [3.05, 3.63) is 42.2 Å². The van der Waals surface area contributed by atoms with E-state index in [2.05, 4.69) is 28.2 Å². The predicted octanol–water partition coefficient (Wildman–Crippen LogP) is 3.02. The van der Waals surface area contributed by atoms with Crippen LogP contribution in [-0.4, -0.2) is 9.97 Å². The highest BCUT2D eigenvalue weighted by molar-refractivity contribution is 6.04. The Balaban J connectivity index is 0.000000722. The van der Waals surface area contributed by atoms with E-state index in [4.69, 9.17) is 5.73 Å². The molecule has 0 aliphatic rings. The van der Waals surface area contributed by atoms with Gasteiger partial charge >= 0.3 is 0 Å². The summed E-state index contributed by atoms with van der Waals surface area (Å²) in [4.78, 5) is 7.68. The number of nitrogens with two attached hydrogens (primary N) is 1. The fraction of sp³-hybridized carbons (Fsp3) is 0.0833. The van der Waals surface area contributed by atoms with Crippen molar-refractivity contribution in [1.82, 2.24) is 9.97 Å². The summed E-state index contributed by atoms with van der Waals surface area (Å²) < 4.78 is 0. The summed E-state index contributed by atoms with van der Waals surface area (Å²) in [5.41, 5.74) is 7.62. The molecule has 0 amide bonds. The molecular weight excluding hydrogens is 257 g/mol. The van der Waals surface area contributed by atoms with Crippen molar-refractivity contribution in [2.45, 2.75) is 6.54 Å². The van der Waals surface area contributed by atoms with E-state index < -0.39 is 0 Å². The normalized spacial score (nSPS) is 9.94. The van der Waals surface area contributed by atoms with Gasteiger partial charge in [-0.3, -0.25) is 0 Å². The summed E-state index contributed by atoms with van der Waals surface area (Å²) in [5.74, 6) is 0.835. The summed E-state index contributed by atoms with van der Waals surface area (Å²) in [6.45, 7) is 0.447. The van der Waals surface area contributed by atoms with Gasteiger partial charge in [-0.2, -0.15) is 0 Å². The number of H-pyrrole nitrogens is 1. The molecular formula is C12H13Cl2N3. The van der Waals surface area contributed by atoms with Crippen LogP contribution in [0.3, 0.4) is 0 Å². The Hall–Kier alpha value is -1.29. The number of nitrogens with zero attached hydrogens (tertiary/aromatic N) is 1. The smallest absolute Gasteiger partial charge is 0.121 e. The Kier molecular flexibility index (Phi) is 4.34. The third-order valence-corrected chi connectivity index (χ3v) is 2.62. The lowest BCUT2D eigenvalue weighted by atomic mass is 10.1. The van der Waals surface area contributed by atoms with E-state index in [-0.39, 0.29) is 24.8 Å². The first-order valence-corrected chi connectivity index (χ1v) is 4.95. The zero-order chi connectivity index (χ0) is 10.3. The minimum Gasteiger partial charge on any atom is -0.341 e. The molecule has 5 heteroatoms. The van der Waals surface area contributed by atoms with E-state index in [1.165, 1.54) is 10.8 Å². The van der Waals surface area contributed by atoms with Gasteiger partial charge in [0.25, 0.3) is 0 Å². The fourth-order valence-corrected chi connectivity index (χ4v) is 1.89. The van der Waals surface area contributed by atoms with Crippen LogP contribution >= 0.6 is 24.8 Å². The van der Waals surface area contributed by atoms with Crippen LogP contribution in [0.15, 0.2) is 36.4 Å². The van der Waals surface area contributed by atoms with Gasteiger partial charge < -0.3 is 10.7 Å². The van der Waals surface area contributed by atoms with Crippen LogP contribution in [0.4, 0.5) is 0 Å². The average Bonchev–Trinajstić information content (AvgIpc) is 2.72. The second-order valence-corrected chi connectivity index (χ2v) is 3.57. The van der Waals surface area contributed by atoms with E-state index in [9.17, 15) is 0 Å². The monoisotopic (exact) mass is 269 g/mol. The van der Waals surface area contributed by atoms with E-state index >= 15 is 0 Å². The lowest BCUT2D eigenvalue weighted by Crippen LogP contribution is -1.97. The number of hydrogen-bond donors (Lipinski definition) is 2. The molecule has 0 unspecified atom stereocenters. The van der Waals surface area contributed by atoms with Crippen LogP contribution in [0.25, 0.3) is 21.8 Å². The molecule has 0 bridgehead atoms. The van der Waals surface area contributed by atoms with E-state index in [1.54, 1.807) is 0 Å². The van der Waals surface area contributed by atoms with Crippen LogP contribution in [0.1, 0.15) is 5.82 Å². The number of benzene rings is 2. The molecule has 0 radical (unpaired) electrons. The van der Waals surface area contributed by atoms with Gasteiger partial charge in [-0.05, 0) is 11.5 Å². The Morgan fingerprint density at radius 2 is 1.82 bits per heavy atom. The second kappa shape index (κ2) is 5.36. The minimum atomic E-state index is 0. The molecule has 3 aromatic rings. The van der Waals surface area contributed by atoms with Crippen LogP contribution in [0, 0.1) is 0 Å². The van der Waals surface area contributed by atoms with Gasteiger partial charge in [-0.25, -0.2) is 4.98 Å². The van der Waals surface area contributed by atoms with Crippen molar-refractivity contribution in [1.29, 1.82) is 0 Å². The first-order valence-electron chi connectivity index (χ1n) is 4.95. The molecule has 3 N–H and O–H groups in total. The maximum Gasteiger partial charge on any atom is 0.121 e. The molecule has 0 aliphatic heterocycles. The number of hydrogen-bond acceptors (Lipinski definition) is 2. The van der Waals surface area contributed by atoms with Crippen LogP contribution in [-0.2, 0) is 6.54 Å². The molecule has 90 valence electrons. The number of fused-ring (bicyclic) bond motifs is 3. The standard InChI is InChI=1S/C12H11N3.2ClH/c13-7-11-14-10-6-5-8-3-1-2-4-9(8)12(10)15-11;;/h1-6H,7,13H2,(H,14,15);2*1H. The molecule has 1 aromatic heterocycles. The number of nitrogens with one attached hydrogen (secondary N) is 1. The van der Waals surface area contributed by atoms with Gasteiger partial charge in [0.1, 0.15) is 5.82 Å². The predicted molar refractivity (Wildman–Crippen MR) is 76.0 cm³/mol. The Bertz CT molecular complexity index is 634. The zero-order valence-corrected chi connectivity index (χ0v) is 10.6. The van der Waals surface area contributed by atoms with Gasteiger partial charge in [0.15, 0.2) is 0 Å². The first-order chi connectivity index (χ1) is 7.38. The zero-order valence-electron chi connectivity index (χ0n) is 9.01. The van der Waals surface area contributed by atoms with Gasteiger partial charge in [0.2, 0.25) is 0 Å². The van der Waals surface area contributed by atoms with Gasteiger partial charge in [0, 0.05) is 5.39 Å². The summed E-state index contributed by atoms with van der Waals surface area (Å²) in [5, 5.41) is 2.38. The highest BCUT2D eigenvalue weighted by Crippen LogP contribution is 2.23. The van der Waals surface area contributed by atoms with Crippen LogP contribution in [0.5, 0.6) is 0 Å². The maximum atomic E-state index is 5.56. The molecule has 0 saturated heterocycles. The molecule has 0 saturated carbocycles. The van der Waals surface area contributed by atoms with Crippen molar-refractivity contribution >= 4 is 46.6 Å². The topological polar surface area (TPSA) is 54.7 Å². The quantitative estimate of drug-likeness (QED) is 0.714. The van der Waals surface area contributed by atoms with Gasteiger partial charge in [-0.1, -0.05) is 30.3 Å². The number of halogens is 2. The Morgan fingerprint density at radius 1 is 1.06 bits per heavy atom. The second-order valence-electron chi connectivity index (χ2n) is 3.57. The van der Waals surface area contributed by atoms with E-state index in [1.807, 2.05) is 18.2 Å². The third-order valence-electron chi connectivity index (χ3n) is 2.62. The molecule has 1 heterocycles. The molecule has 2 aromatic carbocycles. The van der Waals surface area contributed by atoms with E-state index in [0.717, 1.165) is 16.9 Å². The lowest BCUT2D eigenvalue weighted by Gasteiger charge is -1.96. The largest absolute Gasteiger partial charge is 0.341 e. The van der Waals surface area contributed by atoms with Crippen molar-refractivity contribution in [3.8, 4) is 0 Å². The maximum absolute atomic E-state index is 5.56. The summed E-state index contributed by atoms with van der Waals surface area (Å²) in [7, 11) is 0. The SMILES string of the molecule is Cl.Cl.NCc1nc2c(ccc3ccccc32)[nH]1. The highest BCUT2D eigenvalue weighted by atomic mass is 35.5. The third kappa shape index (κ3) is 2.22. The first kappa shape index (κ1) is 13.8. The fourth-order valence-electron chi connectivity index (χ4n) is 1.89. The molecule has 0 fully saturated rings. The molecule has 0 aliphatic carbocycles. The summed E-state index contributed by atoms with van der Waals surface area (Å²) >= 11 is 0. The molecule has 0 spiro atoms. The van der Waals surface area contributed by atoms with Gasteiger partial charge in [0.05, 0.1) is 17.6 Å².